The van der Waals surface area contributed by atoms with Crippen LogP contribution in [0.4, 0.5) is 0 Å². The molecule has 0 amide bonds. The van der Waals surface area contributed by atoms with Crippen molar-refractivity contribution < 1.29 is 4.74 Å². The van der Waals surface area contributed by atoms with Gasteiger partial charge in [-0.25, -0.2) is 0 Å². The highest BCUT2D eigenvalue weighted by molar-refractivity contribution is 7.98. The van der Waals surface area contributed by atoms with Crippen molar-refractivity contribution in [2.75, 3.05) is 26.5 Å². The van der Waals surface area contributed by atoms with Gasteiger partial charge in [-0.2, -0.15) is 0 Å². The van der Waals surface area contributed by atoms with E-state index in [1.807, 2.05) is 11.8 Å². The zero-order valence-corrected chi connectivity index (χ0v) is 12.1. The second-order valence-corrected chi connectivity index (χ2v) is 5.72. The van der Waals surface area contributed by atoms with Gasteiger partial charge < -0.3 is 10.1 Å². The lowest BCUT2D eigenvalue weighted by Crippen LogP contribution is -2.24. The van der Waals surface area contributed by atoms with E-state index >= 15 is 0 Å². The summed E-state index contributed by atoms with van der Waals surface area (Å²) in [5, 5.41) is 3.49. The fraction of sp³-hybridized carbons (Fsp3) is 0.600. The topological polar surface area (TPSA) is 21.3 Å². The molecule has 1 aromatic carbocycles. The molecule has 1 saturated heterocycles. The number of benzene rings is 1. The quantitative estimate of drug-likeness (QED) is 0.824. The van der Waals surface area contributed by atoms with E-state index in [-0.39, 0.29) is 0 Å². The number of rotatable bonds is 5. The zero-order chi connectivity index (χ0) is 12.8. The van der Waals surface area contributed by atoms with Gasteiger partial charge in [-0.1, -0.05) is 18.2 Å². The summed E-state index contributed by atoms with van der Waals surface area (Å²) in [6, 6.07) is 9.21. The number of hydrogen-bond donors (Lipinski definition) is 1. The van der Waals surface area contributed by atoms with Crippen molar-refractivity contribution in [3.63, 3.8) is 0 Å². The number of ether oxygens (including phenoxy) is 1. The van der Waals surface area contributed by atoms with Crippen LogP contribution in [0.2, 0.25) is 0 Å². The van der Waals surface area contributed by atoms with E-state index < -0.39 is 0 Å². The molecule has 0 bridgehead atoms. The fourth-order valence-electron chi connectivity index (χ4n) is 2.67. The van der Waals surface area contributed by atoms with Gasteiger partial charge in [0.15, 0.2) is 0 Å². The zero-order valence-electron chi connectivity index (χ0n) is 11.3. The third-order valence-corrected chi connectivity index (χ3v) is 4.58. The summed E-state index contributed by atoms with van der Waals surface area (Å²) in [6.45, 7) is 1.87. The summed E-state index contributed by atoms with van der Waals surface area (Å²) in [4.78, 5) is 1.39. The molecule has 1 fully saturated rings. The van der Waals surface area contributed by atoms with Crippen LogP contribution in [-0.4, -0.2) is 26.5 Å². The normalized spacial score (nSPS) is 18.8. The van der Waals surface area contributed by atoms with Crippen LogP contribution in [0.1, 0.15) is 30.9 Å². The molecule has 1 atom stereocenters. The molecule has 1 N–H and O–H groups in total. The molecule has 0 radical (unpaired) electrons. The van der Waals surface area contributed by atoms with Crippen LogP contribution in [0.15, 0.2) is 29.2 Å². The molecule has 1 unspecified atom stereocenters. The van der Waals surface area contributed by atoms with Gasteiger partial charge in [0.1, 0.15) is 0 Å². The minimum atomic E-state index is 0.469. The van der Waals surface area contributed by atoms with Crippen LogP contribution < -0.4 is 5.32 Å². The smallest absolute Gasteiger partial charge is 0.0468 e. The molecule has 3 heteroatoms. The minimum absolute atomic E-state index is 0.469. The molecule has 100 valence electrons. The van der Waals surface area contributed by atoms with Gasteiger partial charge in [-0.15, -0.1) is 11.8 Å². The summed E-state index contributed by atoms with van der Waals surface area (Å²) in [7, 11) is 2.07. The third-order valence-electron chi connectivity index (χ3n) is 3.77. The monoisotopic (exact) mass is 265 g/mol. The predicted molar refractivity (Wildman–Crippen MR) is 78.2 cm³/mol. The molecule has 0 aliphatic carbocycles. The lowest BCUT2D eigenvalue weighted by atomic mass is 9.89. The van der Waals surface area contributed by atoms with Gasteiger partial charge in [0, 0.05) is 24.2 Å². The molecule has 2 nitrogen and oxygen atoms in total. The molecular weight excluding hydrogens is 242 g/mol. The van der Waals surface area contributed by atoms with Gasteiger partial charge in [0.2, 0.25) is 0 Å². The van der Waals surface area contributed by atoms with E-state index in [4.69, 9.17) is 4.74 Å². The van der Waals surface area contributed by atoms with E-state index in [0.29, 0.717) is 6.04 Å². The van der Waals surface area contributed by atoms with Crippen LogP contribution in [0.5, 0.6) is 0 Å². The van der Waals surface area contributed by atoms with Crippen molar-refractivity contribution in [3.8, 4) is 0 Å². The standard InChI is InChI=1S/C15H23NOS/c1-16-14(11-12-7-9-17-10-8-12)13-5-3-4-6-15(13)18-2/h3-6,12,14,16H,7-11H2,1-2H3. The van der Waals surface area contributed by atoms with E-state index in [0.717, 1.165) is 19.1 Å². The molecule has 2 rings (SSSR count). The van der Waals surface area contributed by atoms with Crippen molar-refractivity contribution in [2.45, 2.75) is 30.2 Å². The van der Waals surface area contributed by atoms with Gasteiger partial charge in [0.25, 0.3) is 0 Å². The van der Waals surface area contributed by atoms with Crippen molar-refractivity contribution in [1.29, 1.82) is 0 Å². The molecule has 0 saturated carbocycles. The van der Waals surface area contributed by atoms with Crippen LogP contribution in [0, 0.1) is 5.92 Å². The van der Waals surface area contributed by atoms with Gasteiger partial charge >= 0.3 is 0 Å². The van der Waals surface area contributed by atoms with Gasteiger partial charge in [-0.3, -0.25) is 0 Å². The Morgan fingerprint density at radius 1 is 1.33 bits per heavy atom. The van der Waals surface area contributed by atoms with Crippen LogP contribution in [0.3, 0.4) is 0 Å². The first kappa shape index (κ1) is 13.9. The Labute approximate surface area is 114 Å². The molecule has 18 heavy (non-hydrogen) atoms. The maximum absolute atomic E-state index is 5.44. The summed E-state index contributed by atoms with van der Waals surface area (Å²) in [5.41, 5.74) is 1.44. The average molecular weight is 265 g/mol. The molecule has 1 aromatic rings. The molecule has 1 aliphatic rings. The summed E-state index contributed by atoms with van der Waals surface area (Å²) in [5.74, 6) is 0.797. The fourth-order valence-corrected chi connectivity index (χ4v) is 3.33. The Morgan fingerprint density at radius 2 is 2.06 bits per heavy atom. The second kappa shape index (κ2) is 7.17. The Hall–Kier alpha value is -0.510. The highest BCUT2D eigenvalue weighted by Gasteiger charge is 2.20. The Morgan fingerprint density at radius 3 is 2.72 bits per heavy atom. The SMILES string of the molecule is CNC(CC1CCOCC1)c1ccccc1SC. The largest absolute Gasteiger partial charge is 0.381 e. The van der Waals surface area contributed by atoms with Crippen molar-refractivity contribution >= 4 is 11.8 Å². The van der Waals surface area contributed by atoms with Crippen LogP contribution in [-0.2, 0) is 4.74 Å². The minimum Gasteiger partial charge on any atom is -0.381 e. The van der Waals surface area contributed by atoms with Gasteiger partial charge in [0.05, 0.1) is 0 Å². The average Bonchev–Trinajstić information content (AvgIpc) is 2.46. The van der Waals surface area contributed by atoms with Crippen LogP contribution in [0.25, 0.3) is 0 Å². The third kappa shape index (κ3) is 3.50. The van der Waals surface area contributed by atoms with Crippen molar-refractivity contribution in [3.05, 3.63) is 29.8 Å². The van der Waals surface area contributed by atoms with E-state index in [1.165, 1.54) is 29.7 Å². The first-order valence-electron chi connectivity index (χ1n) is 6.73. The molecule has 0 spiro atoms. The Kier molecular flexibility index (Phi) is 5.54. The molecule has 1 aliphatic heterocycles. The van der Waals surface area contributed by atoms with Crippen molar-refractivity contribution in [1.82, 2.24) is 5.32 Å². The van der Waals surface area contributed by atoms with Crippen molar-refractivity contribution in [2.24, 2.45) is 5.92 Å². The molecule has 1 heterocycles. The molecular formula is C15H23NOS. The Balaban J connectivity index is 2.07. The highest BCUT2D eigenvalue weighted by Crippen LogP contribution is 2.32. The number of hydrogen-bond acceptors (Lipinski definition) is 3. The second-order valence-electron chi connectivity index (χ2n) is 4.87. The first-order chi connectivity index (χ1) is 8.85. The number of thioether (sulfide) groups is 1. The lowest BCUT2D eigenvalue weighted by Gasteiger charge is -2.27. The van der Waals surface area contributed by atoms with E-state index in [2.05, 4.69) is 42.9 Å². The van der Waals surface area contributed by atoms with E-state index in [1.54, 1.807) is 0 Å². The maximum Gasteiger partial charge on any atom is 0.0468 e. The van der Waals surface area contributed by atoms with E-state index in [9.17, 15) is 0 Å². The maximum atomic E-state index is 5.44. The summed E-state index contributed by atoms with van der Waals surface area (Å²) >= 11 is 1.84. The van der Waals surface area contributed by atoms with Gasteiger partial charge in [-0.05, 0) is 50.1 Å². The number of nitrogens with one attached hydrogen (secondary N) is 1. The predicted octanol–water partition coefficient (Wildman–Crippen LogP) is 3.49. The summed E-state index contributed by atoms with van der Waals surface area (Å²) < 4.78 is 5.44. The summed E-state index contributed by atoms with van der Waals surface area (Å²) in [6.07, 6.45) is 5.79. The molecule has 0 aromatic heterocycles. The lowest BCUT2D eigenvalue weighted by molar-refractivity contribution is 0.0607. The highest BCUT2D eigenvalue weighted by atomic mass is 32.2. The Bertz CT molecular complexity index is 363. The first-order valence-corrected chi connectivity index (χ1v) is 7.95. The van der Waals surface area contributed by atoms with Crippen LogP contribution >= 0.6 is 11.8 Å².